The predicted octanol–water partition coefficient (Wildman–Crippen LogP) is 4.59. The molecule has 8 nitrogen and oxygen atoms in total. The van der Waals surface area contributed by atoms with E-state index < -0.39 is 12.1 Å². The number of quaternary nitrogens is 1. The Labute approximate surface area is 273 Å². The zero-order chi connectivity index (χ0) is 33.4. The summed E-state index contributed by atoms with van der Waals surface area (Å²) in [4.78, 5) is 8.78. The van der Waals surface area contributed by atoms with E-state index in [0.29, 0.717) is 25.2 Å². The predicted molar refractivity (Wildman–Crippen MR) is 163 cm³/mol. The van der Waals surface area contributed by atoms with Crippen molar-refractivity contribution in [2.75, 3.05) is 48.1 Å². The largest absolute Gasteiger partial charge is 0.542 e. The maximum absolute atomic E-state index is 10.5. The standard InChI is InChI=1S/C34H44NO5.C2HF3O2/c1-35(19-22-5-6-22)16-15-33-29-24-9-12-27(37-3)30(29)40-31(33)34(38-4)14-13-32(33,28(35)17-24)18-25(34)21-39-20-23-7-10-26(36-2)11-8-23;3-2(4,5)1(6)7/h7-12,22,25,28,31H,5-6,13-21H2,1-4H3;(H,6,7)/q+1;/p-1/t25-,28-,31-,32-,33+,34-,35?;/m1./s1. The Morgan fingerprint density at radius 3 is 2.38 bits per heavy atom. The van der Waals surface area contributed by atoms with Crippen LogP contribution in [0, 0.1) is 17.3 Å². The molecule has 0 aromatic heterocycles. The number of piperidine rings is 1. The lowest BCUT2D eigenvalue weighted by Gasteiger charge is -2.74. The Hall–Kier alpha value is -3.02. The van der Waals surface area contributed by atoms with Gasteiger partial charge in [0.05, 0.1) is 59.0 Å². The minimum absolute atomic E-state index is 0.00280. The number of carboxylic acids is 1. The monoisotopic (exact) mass is 659 g/mol. The van der Waals surface area contributed by atoms with Gasteiger partial charge in [0, 0.05) is 42.8 Å². The number of alkyl halides is 3. The second-order valence-corrected chi connectivity index (χ2v) is 14.8. The van der Waals surface area contributed by atoms with Crippen molar-refractivity contribution in [3.05, 3.63) is 53.1 Å². The van der Waals surface area contributed by atoms with Crippen LogP contribution < -0.4 is 19.3 Å². The van der Waals surface area contributed by atoms with Gasteiger partial charge in [0.2, 0.25) is 0 Å². The summed E-state index contributed by atoms with van der Waals surface area (Å²) >= 11 is 0. The molecule has 4 saturated carbocycles. The average molecular weight is 660 g/mol. The molecule has 4 bridgehead atoms. The lowest BCUT2D eigenvalue weighted by Crippen LogP contribution is -2.83. The van der Waals surface area contributed by atoms with Crippen LogP contribution in [0.2, 0.25) is 0 Å². The zero-order valence-electron chi connectivity index (χ0n) is 27.5. The van der Waals surface area contributed by atoms with Crippen LogP contribution in [0.15, 0.2) is 36.4 Å². The molecule has 0 N–H and O–H groups in total. The molecule has 2 spiro atoms. The zero-order valence-corrected chi connectivity index (χ0v) is 27.5. The average Bonchev–Trinajstić information content (AvgIpc) is 3.79. The molecule has 0 radical (unpaired) electrons. The van der Waals surface area contributed by atoms with E-state index in [2.05, 4.69) is 31.3 Å². The van der Waals surface area contributed by atoms with Gasteiger partial charge in [-0.1, -0.05) is 18.2 Å². The van der Waals surface area contributed by atoms with Crippen LogP contribution >= 0.6 is 0 Å². The number of hydrogen-bond donors (Lipinski definition) is 0. The van der Waals surface area contributed by atoms with Crippen LogP contribution in [0.3, 0.4) is 0 Å². The number of aliphatic carboxylic acids is 1. The first-order valence-corrected chi connectivity index (χ1v) is 16.6. The van der Waals surface area contributed by atoms with Gasteiger partial charge in [-0.3, -0.25) is 0 Å². The Balaban J connectivity index is 0.000000455. The number of nitrogens with zero attached hydrogens (tertiary/aromatic N) is 1. The van der Waals surface area contributed by atoms with Crippen LogP contribution in [-0.4, -0.2) is 82.4 Å². The second-order valence-electron chi connectivity index (χ2n) is 14.8. The molecule has 5 fully saturated rings. The van der Waals surface area contributed by atoms with Crippen LogP contribution in [0.25, 0.3) is 0 Å². The van der Waals surface area contributed by atoms with Crippen molar-refractivity contribution in [2.45, 2.75) is 80.9 Å². The lowest BCUT2D eigenvalue weighted by atomic mass is 9.34. The van der Waals surface area contributed by atoms with Gasteiger partial charge >= 0.3 is 6.18 Å². The molecular weight excluding hydrogens is 615 g/mol. The van der Waals surface area contributed by atoms with Crippen molar-refractivity contribution in [2.24, 2.45) is 17.3 Å². The number of methoxy groups -OCH3 is 3. The Kier molecular flexibility index (Phi) is 7.80. The van der Waals surface area contributed by atoms with E-state index in [1.165, 1.54) is 59.9 Å². The van der Waals surface area contributed by atoms with E-state index in [1.54, 1.807) is 14.2 Å². The number of ether oxygens (including phenoxy) is 5. The quantitative estimate of drug-likeness (QED) is 0.364. The van der Waals surface area contributed by atoms with Crippen LogP contribution in [0.1, 0.15) is 55.2 Å². The van der Waals surface area contributed by atoms with Crippen molar-refractivity contribution >= 4 is 5.97 Å². The van der Waals surface area contributed by atoms with Crippen molar-refractivity contribution in [3.63, 3.8) is 0 Å². The number of likely N-dealkylation sites (N-methyl/N-ethyl adjacent to an activating group) is 1. The molecule has 9 rings (SSSR count). The SMILES string of the molecule is COc1ccc(COC[C@H]2C[C@@]34CC[C@]2(OC)[C@@H]2Oc5c(OC)ccc6c5[C@@]23CC[N+](C)(CC2CC2)[C@@H]4C6)cc1.O=C([O-])C(F)(F)F. The van der Waals surface area contributed by atoms with Crippen molar-refractivity contribution < 1.29 is 51.2 Å². The first kappa shape index (κ1) is 32.5. The van der Waals surface area contributed by atoms with E-state index in [4.69, 9.17) is 33.6 Å². The minimum atomic E-state index is -5.19. The summed E-state index contributed by atoms with van der Waals surface area (Å²) in [5.74, 6) is 0.962. The third-order valence-corrected chi connectivity index (χ3v) is 12.7. The number of hydrogen-bond acceptors (Lipinski definition) is 7. The van der Waals surface area contributed by atoms with Gasteiger partial charge in [-0.25, -0.2) is 0 Å². The maximum Gasteiger partial charge on any atom is 0.430 e. The molecule has 2 aliphatic heterocycles. The summed E-state index contributed by atoms with van der Waals surface area (Å²) in [6, 6.07) is 13.3. The number of benzene rings is 2. The topological polar surface area (TPSA) is 86.3 Å². The fourth-order valence-electron chi connectivity index (χ4n) is 10.6. The Bertz CT molecular complexity index is 1530. The number of carbonyl (C=O) groups is 1. The van der Waals surface area contributed by atoms with E-state index in [1.807, 2.05) is 19.2 Å². The molecule has 7 atom stereocenters. The van der Waals surface area contributed by atoms with Gasteiger partial charge in [-0.05, 0) is 61.4 Å². The maximum atomic E-state index is 10.5. The summed E-state index contributed by atoms with van der Waals surface area (Å²) in [7, 11) is 8.00. The highest BCUT2D eigenvalue weighted by molar-refractivity contribution is 5.70. The van der Waals surface area contributed by atoms with Crippen molar-refractivity contribution in [1.29, 1.82) is 0 Å². The Morgan fingerprint density at radius 1 is 1.04 bits per heavy atom. The molecule has 5 aliphatic carbocycles. The van der Waals surface area contributed by atoms with Gasteiger partial charge in [-0.2, -0.15) is 13.2 Å². The molecule has 47 heavy (non-hydrogen) atoms. The van der Waals surface area contributed by atoms with Crippen LogP contribution in [-0.2, 0) is 32.7 Å². The molecular formula is C36H44F3NO7. The van der Waals surface area contributed by atoms with E-state index in [9.17, 15) is 13.2 Å². The molecule has 1 unspecified atom stereocenters. The molecule has 256 valence electrons. The van der Waals surface area contributed by atoms with Crippen LogP contribution in [0.5, 0.6) is 17.2 Å². The van der Waals surface area contributed by atoms with Crippen molar-refractivity contribution in [1.82, 2.24) is 0 Å². The van der Waals surface area contributed by atoms with Gasteiger partial charge < -0.3 is 38.1 Å². The third kappa shape index (κ3) is 4.77. The van der Waals surface area contributed by atoms with Crippen molar-refractivity contribution in [3.8, 4) is 17.2 Å². The number of carboxylic acid groups (broad SMARTS) is 1. The van der Waals surface area contributed by atoms with Gasteiger partial charge in [0.1, 0.15) is 23.4 Å². The van der Waals surface area contributed by atoms with E-state index in [0.717, 1.165) is 42.4 Å². The molecule has 2 aromatic rings. The van der Waals surface area contributed by atoms with Gasteiger partial charge in [-0.15, -0.1) is 0 Å². The molecule has 11 heteroatoms. The highest BCUT2D eigenvalue weighted by Crippen LogP contribution is 2.77. The third-order valence-electron chi connectivity index (χ3n) is 12.7. The van der Waals surface area contributed by atoms with Crippen LogP contribution in [0.4, 0.5) is 13.2 Å². The molecule has 7 aliphatic rings. The molecule has 2 heterocycles. The second kappa shape index (κ2) is 11.3. The first-order chi connectivity index (χ1) is 22.4. The lowest BCUT2D eigenvalue weighted by molar-refractivity contribution is -0.952. The summed E-state index contributed by atoms with van der Waals surface area (Å²) in [5.41, 5.74) is 3.98. The molecule has 1 saturated heterocycles. The number of likely N-dealkylation sites (tertiary alicyclic amines) is 1. The minimum Gasteiger partial charge on any atom is -0.542 e. The van der Waals surface area contributed by atoms with E-state index >= 15 is 0 Å². The van der Waals surface area contributed by atoms with Gasteiger partial charge in [0.15, 0.2) is 11.5 Å². The molecule has 2 aromatic carbocycles. The normalized spacial score (nSPS) is 35.7. The fraction of sp³-hybridized carbons (Fsp3) is 0.639. The molecule has 0 amide bonds. The summed E-state index contributed by atoms with van der Waals surface area (Å²) in [6.07, 6.45) is 3.37. The summed E-state index contributed by atoms with van der Waals surface area (Å²) in [6.45, 7) is 3.86. The number of carbonyl (C=O) groups excluding carboxylic acids is 1. The number of halogens is 3. The summed E-state index contributed by atoms with van der Waals surface area (Å²) in [5, 5.41) is 8.78. The first-order valence-electron chi connectivity index (χ1n) is 16.6. The number of rotatable bonds is 9. The highest BCUT2D eigenvalue weighted by Gasteiger charge is 2.83. The Morgan fingerprint density at radius 2 is 1.77 bits per heavy atom. The number of fused-ring (bicyclic) bond motifs is 2. The summed E-state index contributed by atoms with van der Waals surface area (Å²) < 4.78 is 64.4. The highest BCUT2D eigenvalue weighted by atomic mass is 19.4. The van der Waals surface area contributed by atoms with E-state index in [-0.39, 0.29) is 22.5 Å². The van der Waals surface area contributed by atoms with Gasteiger partial charge in [0.25, 0.3) is 0 Å². The fourth-order valence-corrected chi connectivity index (χ4v) is 10.6. The smallest absolute Gasteiger partial charge is 0.430 e.